The van der Waals surface area contributed by atoms with Crippen LogP contribution < -0.4 is 14.2 Å². The zero-order valence-electron chi connectivity index (χ0n) is 11.8. The Hall–Kier alpha value is -2.10. The molecule has 0 saturated heterocycles. The first-order valence-electron chi connectivity index (χ1n) is 6.58. The number of amides is 1. The standard InChI is InChI=1S/C16H15N3OSe/c1-17-16(20)12-6-3-7-13-15(12)14(10-19(13)2)21-11-5-4-8-18-9-11/h3-10H,1-2H3,(H,17,20). The monoisotopic (exact) mass is 345 g/mol. The van der Waals surface area contributed by atoms with Crippen LogP contribution in [-0.2, 0) is 7.05 Å². The predicted octanol–water partition coefficient (Wildman–Crippen LogP) is 0.588. The number of nitrogens with zero attached hydrogens (tertiary/aromatic N) is 2. The molecule has 0 aliphatic rings. The first-order valence-corrected chi connectivity index (χ1v) is 8.30. The molecular formula is C16H15N3OSe. The zero-order chi connectivity index (χ0) is 14.8. The number of hydrogen-bond acceptors (Lipinski definition) is 2. The van der Waals surface area contributed by atoms with Gasteiger partial charge in [0.15, 0.2) is 0 Å². The van der Waals surface area contributed by atoms with Gasteiger partial charge in [-0.25, -0.2) is 0 Å². The second kappa shape index (κ2) is 5.72. The van der Waals surface area contributed by atoms with E-state index in [1.165, 1.54) is 8.92 Å². The summed E-state index contributed by atoms with van der Waals surface area (Å²) in [5, 5.41) is 3.76. The number of carbonyl (C=O) groups is 1. The van der Waals surface area contributed by atoms with Crippen LogP contribution in [0, 0.1) is 0 Å². The maximum absolute atomic E-state index is 12.1. The van der Waals surface area contributed by atoms with E-state index in [9.17, 15) is 4.79 Å². The molecule has 0 unspecified atom stereocenters. The normalized spacial score (nSPS) is 10.8. The van der Waals surface area contributed by atoms with Crippen LogP contribution in [0.1, 0.15) is 10.4 Å². The Bertz CT molecular complexity index is 796. The molecule has 4 nitrogen and oxygen atoms in total. The molecule has 2 aromatic heterocycles. The van der Waals surface area contributed by atoms with Gasteiger partial charge in [0.1, 0.15) is 0 Å². The van der Waals surface area contributed by atoms with Crippen molar-refractivity contribution in [2.24, 2.45) is 7.05 Å². The van der Waals surface area contributed by atoms with E-state index in [0.717, 1.165) is 16.5 Å². The van der Waals surface area contributed by atoms with Gasteiger partial charge in [0.2, 0.25) is 0 Å². The Morgan fingerprint density at radius 2 is 2.14 bits per heavy atom. The van der Waals surface area contributed by atoms with Crippen molar-refractivity contribution in [1.29, 1.82) is 0 Å². The van der Waals surface area contributed by atoms with Crippen LogP contribution in [0.3, 0.4) is 0 Å². The van der Waals surface area contributed by atoms with Gasteiger partial charge in [0.05, 0.1) is 0 Å². The molecule has 1 N–H and O–H groups in total. The quantitative estimate of drug-likeness (QED) is 0.707. The van der Waals surface area contributed by atoms with Crippen LogP contribution in [-0.4, -0.2) is 37.5 Å². The van der Waals surface area contributed by atoms with Crippen LogP contribution >= 0.6 is 0 Å². The predicted molar refractivity (Wildman–Crippen MR) is 85.6 cm³/mol. The SMILES string of the molecule is CNC(=O)c1cccc2c1c([Se]c1cccnc1)cn2C. The minimum atomic E-state index is -0.0463. The number of benzene rings is 1. The van der Waals surface area contributed by atoms with Gasteiger partial charge < -0.3 is 0 Å². The summed E-state index contributed by atoms with van der Waals surface area (Å²) >= 11 is 0.123. The number of pyridine rings is 1. The molecule has 0 fully saturated rings. The van der Waals surface area contributed by atoms with Crippen molar-refractivity contribution in [1.82, 2.24) is 14.9 Å². The number of aromatic nitrogens is 2. The van der Waals surface area contributed by atoms with Crippen LogP contribution in [0.4, 0.5) is 0 Å². The molecule has 1 aromatic carbocycles. The Labute approximate surface area is 129 Å². The number of fused-ring (bicyclic) bond motifs is 1. The van der Waals surface area contributed by atoms with E-state index in [0.29, 0.717) is 0 Å². The summed E-state index contributed by atoms with van der Waals surface area (Å²) in [6.45, 7) is 0. The van der Waals surface area contributed by atoms with Gasteiger partial charge in [-0.3, -0.25) is 0 Å². The van der Waals surface area contributed by atoms with Crippen LogP contribution in [0.5, 0.6) is 0 Å². The van der Waals surface area contributed by atoms with Crippen molar-refractivity contribution in [3.8, 4) is 0 Å². The van der Waals surface area contributed by atoms with Crippen molar-refractivity contribution < 1.29 is 4.79 Å². The fraction of sp³-hybridized carbons (Fsp3) is 0.125. The van der Waals surface area contributed by atoms with Gasteiger partial charge in [-0.2, -0.15) is 0 Å². The van der Waals surface area contributed by atoms with Crippen molar-refractivity contribution in [2.75, 3.05) is 7.05 Å². The van der Waals surface area contributed by atoms with Crippen molar-refractivity contribution in [2.45, 2.75) is 0 Å². The molecule has 5 heteroatoms. The third kappa shape index (κ3) is 2.58. The minimum absolute atomic E-state index is 0.0463. The summed E-state index contributed by atoms with van der Waals surface area (Å²) in [7, 11) is 3.68. The first kappa shape index (κ1) is 13.9. The molecule has 0 radical (unpaired) electrons. The summed E-state index contributed by atoms with van der Waals surface area (Å²) in [5.41, 5.74) is 1.81. The first-order chi connectivity index (χ1) is 10.2. The van der Waals surface area contributed by atoms with Crippen LogP contribution in [0.15, 0.2) is 48.9 Å². The molecule has 0 aliphatic heterocycles. The van der Waals surface area contributed by atoms with Gasteiger partial charge in [0.25, 0.3) is 0 Å². The molecule has 0 spiro atoms. The third-order valence-electron chi connectivity index (χ3n) is 3.31. The number of rotatable bonds is 3. The molecular weight excluding hydrogens is 329 g/mol. The molecule has 2 heterocycles. The van der Waals surface area contributed by atoms with Gasteiger partial charge in [-0.15, -0.1) is 0 Å². The summed E-state index contributed by atoms with van der Waals surface area (Å²) in [5.74, 6) is -0.0463. The Morgan fingerprint density at radius 1 is 1.29 bits per heavy atom. The molecule has 21 heavy (non-hydrogen) atoms. The third-order valence-corrected chi connectivity index (χ3v) is 5.43. The number of carbonyl (C=O) groups excluding carboxylic acids is 1. The fourth-order valence-corrected chi connectivity index (χ4v) is 4.52. The van der Waals surface area contributed by atoms with E-state index in [2.05, 4.69) is 27.1 Å². The summed E-state index contributed by atoms with van der Waals surface area (Å²) in [6.07, 6.45) is 5.78. The molecule has 0 bridgehead atoms. The van der Waals surface area contributed by atoms with Gasteiger partial charge in [-0.1, -0.05) is 0 Å². The number of hydrogen-bond donors (Lipinski definition) is 1. The van der Waals surface area contributed by atoms with E-state index in [1.807, 2.05) is 37.5 Å². The molecule has 0 saturated carbocycles. The van der Waals surface area contributed by atoms with Gasteiger partial charge in [0, 0.05) is 0 Å². The Balaban J connectivity index is 2.16. The molecule has 0 aliphatic carbocycles. The maximum atomic E-state index is 12.1. The molecule has 106 valence electrons. The average Bonchev–Trinajstić information content (AvgIpc) is 2.84. The van der Waals surface area contributed by atoms with E-state index in [1.54, 1.807) is 13.2 Å². The van der Waals surface area contributed by atoms with E-state index < -0.39 is 0 Å². The van der Waals surface area contributed by atoms with Crippen LogP contribution in [0.25, 0.3) is 10.9 Å². The van der Waals surface area contributed by atoms with E-state index in [4.69, 9.17) is 0 Å². The Kier molecular flexibility index (Phi) is 3.77. The van der Waals surface area contributed by atoms with Crippen molar-refractivity contribution in [3.05, 3.63) is 54.5 Å². The van der Waals surface area contributed by atoms with E-state index in [-0.39, 0.29) is 20.9 Å². The van der Waals surface area contributed by atoms with Crippen molar-refractivity contribution >= 4 is 40.7 Å². The molecule has 3 rings (SSSR count). The van der Waals surface area contributed by atoms with Crippen molar-refractivity contribution in [3.63, 3.8) is 0 Å². The van der Waals surface area contributed by atoms with Gasteiger partial charge >= 0.3 is 129 Å². The molecule has 1 amide bonds. The zero-order valence-corrected chi connectivity index (χ0v) is 13.5. The second-order valence-electron chi connectivity index (χ2n) is 4.67. The number of aryl methyl sites for hydroxylation is 1. The van der Waals surface area contributed by atoms with Gasteiger partial charge in [-0.05, 0) is 0 Å². The summed E-state index contributed by atoms with van der Waals surface area (Å²) in [4.78, 5) is 16.3. The van der Waals surface area contributed by atoms with E-state index >= 15 is 0 Å². The molecule has 3 aromatic rings. The topological polar surface area (TPSA) is 46.9 Å². The van der Waals surface area contributed by atoms with Crippen LogP contribution in [0.2, 0.25) is 0 Å². The summed E-state index contributed by atoms with van der Waals surface area (Å²) < 4.78 is 4.48. The summed E-state index contributed by atoms with van der Waals surface area (Å²) in [6, 6.07) is 9.87. The fourth-order valence-electron chi connectivity index (χ4n) is 2.34. The number of nitrogens with one attached hydrogen (secondary N) is 1. The molecule has 0 atom stereocenters. The Morgan fingerprint density at radius 3 is 2.86 bits per heavy atom. The average molecular weight is 344 g/mol. The second-order valence-corrected chi connectivity index (χ2v) is 7.01.